The number of para-hydroxylation sites is 2. The molecule has 0 spiro atoms. The number of aryl methyl sites for hydroxylation is 1. The van der Waals surface area contributed by atoms with Crippen LogP contribution in [0.3, 0.4) is 0 Å². The van der Waals surface area contributed by atoms with E-state index in [0.29, 0.717) is 11.0 Å². The van der Waals surface area contributed by atoms with Crippen molar-refractivity contribution in [2.75, 3.05) is 5.75 Å². The average molecular weight is 411 g/mol. The van der Waals surface area contributed by atoms with Gasteiger partial charge in [0.1, 0.15) is 12.4 Å². The topological polar surface area (TPSA) is 69.0 Å². The van der Waals surface area contributed by atoms with E-state index in [1.54, 1.807) is 0 Å². The first-order valence-corrected chi connectivity index (χ1v) is 10.7. The lowest BCUT2D eigenvalue weighted by atomic mass is 10.2. The van der Waals surface area contributed by atoms with Crippen LogP contribution in [-0.2, 0) is 11.4 Å². The summed E-state index contributed by atoms with van der Waals surface area (Å²) in [6.45, 7) is 6.34. The summed E-state index contributed by atoms with van der Waals surface area (Å²) in [4.78, 5) is 12.2. The fourth-order valence-electron chi connectivity index (χ4n) is 2.73. The van der Waals surface area contributed by atoms with Crippen molar-refractivity contribution in [2.45, 2.75) is 45.0 Å². The molecule has 0 fully saturated rings. The Kier molecular flexibility index (Phi) is 7.30. The number of amides is 1. The number of benzene rings is 2. The number of nitrogens with one attached hydrogen (secondary N) is 1. The second kappa shape index (κ2) is 10.1. The maximum Gasteiger partial charge on any atom is 0.230 e. The van der Waals surface area contributed by atoms with E-state index in [-0.39, 0.29) is 24.3 Å². The van der Waals surface area contributed by atoms with Gasteiger partial charge in [-0.3, -0.25) is 9.36 Å². The summed E-state index contributed by atoms with van der Waals surface area (Å²) in [6, 6.07) is 17.9. The van der Waals surface area contributed by atoms with Gasteiger partial charge < -0.3 is 10.1 Å². The molecule has 0 radical (unpaired) electrons. The number of carbonyl (C=O) groups is 1. The predicted molar refractivity (Wildman–Crippen MR) is 115 cm³/mol. The summed E-state index contributed by atoms with van der Waals surface area (Å²) in [6.07, 6.45) is 0.900. The third kappa shape index (κ3) is 5.60. The maximum atomic E-state index is 12.2. The number of hydrogen-bond donors (Lipinski definition) is 1. The van der Waals surface area contributed by atoms with E-state index in [0.717, 1.165) is 23.4 Å². The smallest absolute Gasteiger partial charge is 0.230 e. The molecule has 0 aliphatic carbocycles. The fraction of sp³-hybridized carbons (Fsp3) is 0.318. The molecule has 6 nitrogen and oxygen atoms in total. The maximum absolute atomic E-state index is 12.2. The molecule has 1 atom stereocenters. The van der Waals surface area contributed by atoms with Gasteiger partial charge in [-0.05, 0) is 44.0 Å². The number of aromatic nitrogens is 3. The Balaban J connectivity index is 1.78. The molecular weight excluding hydrogens is 384 g/mol. The van der Waals surface area contributed by atoms with Crippen LogP contribution >= 0.6 is 11.8 Å². The zero-order chi connectivity index (χ0) is 20.6. The van der Waals surface area contributed by atoms with Crippen molar-refractivity contribution in [3.05, 3.63) is 66.0 Å². The Morgan fingerprint density at radius 3 is 2.59 bits per heavy atom. The Labute approximate surface area is 175 Å². The Morgan fingerprint density at radius 1 is 1.14 bits per heavy atom. The molecule has 0 bridgehead atoms. The molecule has 3 aromatic rings. The van der Waals surface area contributed by atoms with Gasteiger partial charge in [0.15, 0.2) is 11.0 Å². The molecule has 3 rings (SSSR count). The normalized spacial score (nSPS) is 11.8. The van der Waals surface area contributed by atoms with Gasteiger partial charge in [0.2, 0.25) is 5.91 Å². The molecule has 0 aliphatic rings. The Hall–Kier alpha value is -2.80. The predicted octanol–water partition coefficient (Wildman–Crippen LogP) is 4.16. The van der Waals surface area contributed by atoms with Gasteiger partial charge in [0, 0.05) is 11.7 Å². The van der Waals surface area contributed by atoms with Crippen molar-refractivity contribution in [2.24, 2.45) is 0 Å². The van der Waals surface area contributed by atoms with Crippen molar-refractivity contribution < 1.29 is 9.53 Å². The van der Waals surface area contributed by atoms with E-state index in [4.69, 9.17) is 4.74 Å². The lowest BCUT2D eigenvalue weighted by molar-refractivity contribution is -0.119. The molecule has 29 heavy (non-hydrogen) atoms. The highest BCUT2D eigenvalue weighted by atomic mass is 32.2. The standard InChI is InChI=1S/C22H26N4O2S/c1-4-17(3)23-21(27)15-29-22-25-24-20(26(22)18-11-6-5-7-12-18)14-28-19-13-9-8-10-16(19)2/h5-13,17H,4,14-15H2,1-3H3,(H,23,27). The number of nitrogens with zero attached hydrogens (tertiary/aromatic N) is 3. The van der Waals surface area contributed by atoms with Gasteiger partial charge in [0.05, 0.1) is 5.75 Å². The van der Waals surface area contributed by atoms with Crippen LogP contribution in [0.5, 0.6) is 5.75 Å². The number of carbonyl (C=O) groups excluding carboxylic acids is 1. The Bertz CT molecular complexity index is 943. The number of thioether (sulfide) groups is 1. The van der Waals surface area contributed by atoms with Gasteiger partial charge in [0.25, 0.3) is 0 Å². The molecule has 1 amide bonds. The quantitative estimate of drug-likeness (QED) is 0.537. The summed E-state index contributed by atoms with van der Waals surface area (Å²) in [5, 5.41) is 12.3. The minimum Gasteiger partial charge on any atom is -0.485 e. The van der Waals surface area contributed by atoms with Crippen molar-refractivity contribution in [3.63, 3.8) is 0 Å². The first-order chi connectivity index (χ1) is 14.1. The van der Waals surface area contributed by atoms with Gasteiger partial charge in [-0.15, -0.1) is 10.2 Å². The summed E-state index contributed by atoms with van der Waals surface area (Å²) in [5.74, 6) is 1.78. The lowest BCUT2D eigenvalue weighted by Gasteiger charge is -2.13. The van der Waals surface area contributed by atoms with Gasteiger partial charge in [-0.2, -0.15) is 0 Å². The molecule has 0 aliphatic heterocycles. The highest BCUT2D eigenvalue weighted by molar-refractivity contribution is 7.99. The first-order valence-electron chi connectivity index (χ1n) is 9.68. The van der Waals surface area contributed by atoms with Crippen LogP contribution < -0.4 is 10.1 Å². The van der Waals surface area contributed by atoms with E-state index >= 15 is 0 Å². The minimum atomic E-state index is -0.00956. The molecule has 7 heteroatoms. The van der Waals surface area contributed by atoms with Gasteiger partial charge in [-0.1, -0.05) is 55.1 Å². The second-order valence-electron chi connectivity index (χ2n) is 6.79. The third-order valence-corrected chi connectivity index (χ3v) is 5.45. The summed E-state index contributed by atoms with van der Waals surface area (Å²) in [5.41, 5.74) is 2.00. The molecule has 1 unspecified atom stereocenters. The molecule has 2 aromatic carbocycles. The monoisotopic (exact) mass is 410 g/mol. The van der Waals surface area contributed by atoms with E-state index in [9.17, 15) is 4.79 Å². The van der Waals surface area contributed by atoms with Crippen LogP contribution in [0, 0.1) is 6.92 Å². The summed E-state index contributed by atoms with van der Waals surface area (Å²) >= 11 is 1.37. The zero-order valence-electron chi connectivity index (χ0n) is 17.0. The largest absolute Gasteiger partial charge is 0.485 e. The van der Waals surface area contributed by atoms with Crippen LogP contribution in [0.4, 0.5) is 0 Å². The van der Waals surface area contributed by atoms with Crippen LogP contribution in [0.15, 0.2) is 59.8 Å². The number of ether oxygens (including phenoxy) is 1. The SMILES string of the molecule is CCC(C)NC(=O)CSc1nnc(COc2ccccc2C)n1-c1ccccc1. The molecule has 1 aromatic heterocycles. The van der Waals surface area contributed by atoms with E-state index in [1.807, 2.05) is 79.9 Å². The lowest BCUT2D eigenvalue weighted by Crippen LogP contribution is -2.33. The van der Waals surface area contributed by atoms with Crippen molar-refractivity contribution in [1.82, 2.24) is 20.1 Å². The van der Waals surface area contributed by atoms with Crippen molar-refractivity contribution in [3.8, 4) is 11.4 Å². The Morgan fingerprint density at radius 2 is 1.86 bits per heavy atom. The molecule has 0 saturated carbocycles. The van der Waals surface area contributed by atoms with E-state index in [2.05, 4.69) is 15.5 Å². The molecule has 1 heterocycles. The summed E-state index contributed by atoms with van der Waals surface area (Å²) < 4.78 is 7.92. The molecular formula is C22H26N4O2S. The molecule has 0 saturated heterocycles. The highest BCUT2D eigenvalue weighted by Gasteiger charge is 2.17. The van der Waals surface area contributed by atoms with Gasteiger partial charge in [-0.25, -0.2) is 0 Å². The average Bonchev–Trinajstić information content (AvgIpc) is 3.15. The minimum absolute atomic E-state index is 0.00956. The summed E-state index contributed by atoms with van der Waals surface area (Å²) in [7, 11) is 0. The zero-order valence-corrected chi connectivity index (χ0v) is 17.8. The van der Waals surface area contributed by atoms with Crippen molar-refractivity contribution in [1.29, 1.82) is 0 Å². The van der Waals surface area contributed by atoms with Gasteiger partial charge >= 0.3 is 0 Å². The van der Waals surface area contributed by atoms with Crippen LogP contribution in [-0.4, -0.2) is 32.5 Å². The van der Waals surface area contributed by atoms with Crippen molar-refractivity contribution >= 4 is 17.7 Å². The molecule has 1 N–H and O–H groups in total. The number of rotatable bonds is 9. The van der Waals surface area contributed by atoms with Crippen LogP contribution in [0.25, 0.3) is 5.69 Å². The van der Waals surface area contributed by atoms with E-state index < -0.39 is 0 Å². The highest BCUT2D eigenvalue weighted by Crippen LogP contribution is 2.24. The third-order valence-electron chi connectivity index (χ3n) is 4.52. The fourth-order valence-corrected chi connectivity index (χ4v) is 3.51. The number of hydrogen-bond acceptors (Lipinski definition) is 5. The first kappa shape index (κ1) is 20.9. The second-order valence-corrected chi connectivity index (χ2v) is 7.73. The van der Waals surface area contributed by atoms with Crippen LogP contribution in [0.1, 0.15) is 31.7 Å². The van der Waals surface area contributed by atoms with Crippen LogP contribution in [0.2, 0.25) is 0 Å². The van der Waals surface area contributed by atoms with E-state index in [1.165, 1.54) is 11.8 Å². The molecule has 152 valence electrons.